The molecule has 2 heterocycles. The van der Waals surface area contributed by atoms with Crippen molar-refractivity contribution in [2.24, 2.45) is 0 Å². The van der Waals surface area contributed by atoms with E-state index in [1.54, 1.807) is 36.9 Å². The van der Waals surface area contributed by atoms with Gasteiger partial charge in [0.05, 0.1) is 12.1 Å². The van der Waals surface area contributed by atoms with Gasteiger partial charge in [0.25, 0.3) is 5.91 Å². The van der Waals surface area contributed by atoms with Crippen LogP contribution in [0.4, 0.5) is 4.39 Å². The van der Waals surface area contributed by atoms with Gasteiger partial charge in [-0.15, -0.1) is 0 Å². The molecule has 0 atom stereocenters. The van der Waals surface area contributed by atoms with Crippen LogP contribution in [0.1, 0.15) is 27.4 Å². The first-order chi connectivity index (χ1) is 13.3. The summed E-state index contributed by atoms with van der Waals surface area (Å²) in [4.78, 5) is 28.3. The molecule has 0 bridgehead atoms. The quantitative estimate of drug-likeness (QED) is 0.827. The number of benzene rings is 1. The van der Waals surface area contributed by atoms with Crippen molar-refractivity contribution in [2.75, 3.05) is 32.7 Å². The molecular formula is C20H23ClFN3O3. The monoisotopic (exact) mass is 407 g/mol. The van der Waals surface area contributed by atoms with Crippen molar-refractivity contribution in [3.8, 4) is 0 Å². The lowest BCUT2D eigenvalue weighted by molar-refractivity contribution is -0.131. The van der Waals surface area contributed by atoms with E-state index in [1.165, 1.54) is 6.07 Å². The van der Waals surface area contributed by atoms with E-state index in [0.717, 1.165) is 0 Å². The predicted molar refractivity (Wildman–Crippen MR) is 104 cm³/mol. The highest BCUT2D eigenvalue weighted by atomic mass is 35.5. The Morgan fingerprint density at radius 2 is 1.93 bits per heavy atom. The fraction of sp³-hybridized carbons (Fsp3) is 0.400. The Morgan fingerprint density at radius 3 is 2.54 bits per heavy atom. The molecule has 1 fully saturated rings. The van der Waals surface area contributed by atoms with Gasteiger partial charge in [-0.1, -0.05) is 17.7 Å². The lowest BCUT2D eigenvalue weighted by Crippen LogP contribution is -2.50. The number of hydrogen-bond donors (Lipinski definition) is 1. The van der Waals surface area contributed by atoms with Gasteiger partial charge in [-0.3, -0.25) is 14.5 Å². The van der Waals surface area contributed by atoms with Gasteiger partial charge >= 0.3 is 0 Å². The van der Waals surface area contributed by atoms with Crippen molar-refractivity contribution in [1.82, 2.24) is 15.1 Å². The van der Waals surface area contributed by atoms with Crippen LogP contribution in [-0.4, -0.2) is 54.3 Å². The molecule has 0 spiro atoms. The molecule has 1 aromatic heterocycles. The highest BCUT2D eigenvalue weighted by Gasteiger charge is 2.23. The van der Waals surface area contributed by atoms with E-state index in [1.807, 2.05) is 0 Å². The molecule has 0 saturated carbocycles. The SMILES string of the molecule is Cc1cc(C(=O)NCC(=O)N2CCN(Cc3c(F)cccc3Cl)CC2)c(C)o1. The normalized spacial score (nSPS) is 14.9. The summed E-state index contributed by atoms with van der Waals surface area (Å²) in [5.74, 6) is 0.395. The molecular weight excluding hydrogens is 385 g/mol. The van der Waals surface area contributed by atoms with E-state index in [9.17, 15) is 14.0 Å². The first-order valence-electron chi connectivity index (χ1n) is 9.13. The maximum absolute atomic E-state index is 13.9. The summed E-state index contributed by atoms with van der Waals surface area (Å²) >= 11 is 6.08. The number of aryl methyl sites for hydroxylation is 2. The summed E-state index contributed by atoms with van der Waals surface area (Å²) in [7, 11) is 0. The number of nitrogens with zero attached hydrogens (tertiary/aromatic N) is 2. The number of piperazine rings is 1. The highest BCUT2D eigenvalue weighted by Crippen LogP contribution is 2.21. The minimum atomic E-state index is -0.324. The van der Waals surface area contributed by atoms with Gasteiger partial charge in [-0.05, 0) is 32.0 Å². The van der Waals surface area contributed by atoms with Gasteiger partial charge in [-0.25, -0.2) is 4.39 Å². The zero-order valence-corrected chi connectivity index (χ0v) is 16.7. The molecule has 1 N–H and O–H groups in total. The van der Waals surface area contributed by atoms with E-state index in [-0.39, 0.29) is 24.2 Å². The maximum Gasteiger partial charge on any atom is 0.255 e. The molecule has 0 radical (unpaired) electrons. The fourth-order valence-corrected chi connectivity index (χ4v) is 3.50. The molecule has 150 valence electrons. The summed E-state index contributed by atoms with van der Waals surface area (Å²) in [6.07, 6.45) is 0. The Kier molecular flexibility index (Phi) is 6.36. The summed E-state index contributed by atoms with van der Waals surface area (Å²) in [6, 6.07) is 6.30. The molecule has 1 saturated heterocycles. The minimum absolute atomic E-state index is 0.0678. The van der Waals surface area contributed by atoms with Gasteiger partial charge < -0.3 is 14.6 Å². The second kappa shape index (κ2) is 8.75. The van der Waals surface area contributed by atoms with Crippen LogP contribution in [0, 0.1) is 19.7 Å². The molecule has 3 rings (SSSR count). The van der Waals surface area contributed by atoms with Gasteiger partial charge in [0, 0.05) is 43.3 Å². The maximum atomic E-state index is 13.9. The van der Waals surface area contributed by atoms with Crippen molar-refractivity contribution in [3.63, 3.8) is 0 Å². The molecule has 0 aliphatic carbocycles. The van der Waals surface area contributed by atoms with Gasteiger partial charge in [-0.2, -0.15) is 0 Å². The third-order valence-corrected chi connectivity index (χ3v) is 5.21. The van der Waals surface area contributed by atoms with Crippen molar-refractivity contribution in [2.45, 2.75) is 20.4 Å². The highest BCUT2D eigenvalue weighted by molar-refractivity contribution is 6.31. The van der Waals surface area contributed by atoms with Crippen LogP contribution in [0.3, 0.4) is 0 Å². The first kappa shape index (κ1) is 20.4. The van der Waals surface area contributed by atoms with Crippen LogP contribution >= 0.6 is 11.6 Å². The van der Waals surface area contributed by atoms with Crippen LogP contribution in [0.25, 0.3) is 0 Å². The summed E-state index contributed by atoms with van der Waals surface area (Å²) in [5.41, 5.74) is 0.916. The summed E-state index contributed by atoms with van der Waals surface area (Å²) in [6.45, 7) is 6.09. The molecule has 2 aromatic rings. The topological polar surface area (TPSA) is 65.8 Å². The molecule has 2 amide bonds. The Balaban J connectivity index is 1.47. The van der Waals surface area contributed by atoms with Crippen molar-refractivity contribution in [3.05, 3.63) is 57.8 Å². The van der Waals surface area contributed by atoms with Crippen molar-refractivity contribution < 1.29 is 18.4 Å². The number of carbonyl (C=O) groups excluding carboxylic acids is 2. The van der Waals surface area contributed by atoms with Crippen LogP contribution in [-0.2, 0) is 11.3 Å². The number of furan rings is 1. The summed E-state index contributed by atoms with van der Waals surface area (Å²) < 4.78 is 19.3. The average Bonchev–Trinajstić information content (AvgIpc) is 3.01. The van der Waals surface area contributed by atoms with Crippen LogP contribution < -0.4 is 5.32 Å². The number of carbonyl (C=O) groups is 2. The van der Waals surface area contributed by atoms with E-state index in [4.69, 9.17) is 16.0 Å². The number of halogens is 2. The van der Waals surface area contributed by atoms with Gasteiger partial charge in [0.1, 0.15) is 17.3 Å². The van der Waals surface area contributed by atoms with Crippen LogP contribution in [0.15, 0.2) is 28.7 Å². The molecule has 8 heteroatoms. The molecule has 28 heavy (non-hydrogen) atoms. The number of amides is 2. The standard InChI is InChI=1S/C20H23ClFN3O3/c1-13-10-15(14(2)28-13)20(27)23-11-19(26)25-8-6-24(7-9-25)12-16-17(21)4-3-5-18(16)22/h3-5,10H,6-9,11-12H2,1-2H3,(H,23,27). The lowest BCUT2D eigenvalue weighted by atomic mass is 10.2. The molecule has 0 unspecified atom stereocenters. The first-order valence-corrected chi connectivity index (χ1v) is 9.51. The zero-order chi connectivity index (χ0) is 20.3. The van der Waals surface area contributed by atoms with Crippen LogP contribution in [0.5, 0.6) is 0 Å². The van der Waals surface area contributed by atoms with Crippen molar-refractivity contribution >= 4 is 23.4 Å². The largest absolute Gasteiger partial charge is 0.466 e. The fourth-order valence-electron chi connectivity index (χ4n) is 3.28. The van der Waals surface area contributed by atoms with E-state index in [0.29, 0.717) is 60.4 Å². The lowest BCUT2D eigenvalue weighted by Gasteiger charge is -2.35. The predicted octanol–water partition coefficient (Wildman–Crippen LogP) is 2.76. The summed E-state index contributed by atoms with van der Waals surface area (Å²) in [5, 5.41) is 3.05. The second-order valence-corrected chi connectivity index (χ2v) is 7.27. The van der Waals surface area contributed by atoms with Gasteiger partial charge in [0.15, 0.2) is 0 Å². The van der Waals surface area contributed by atoms with E-state index >= 15 is 0 Å². The molecule has 1 aromatic carbocycles. The Bertz CT molecular complexity index is 855. The second-order valence-electron chi connectivity index (χ2n) is 6.87. The Morgan fingerprint density at radius 1 is 1.21 bits per heavy atom. The Hall–Kier alpha value is -2.38. The third-order valence-electron chi connectivity index (χ3n) is 4.85. The zero-order valence-electron chi connectivity index (χ0n) is 15.9. The Labute approximate surface area is 168 Å². The molecule has 1 aliphatic rings. The smallest absolute Gasteiger partial charge is 0.255 e. The number of nitrogens with one attached hydrogen (secondary N) is 1. The minimum Gasteiger partial charge on any atom is -0.466 e. The third kappa shape index (κ3) is 4.72. The van der Waals surface area contributed by atoms with Crippen LogP contribution in [0.2, 0.25) is 5.02 Å². The average molecular weight is 408 g/mol. The number of rotatable bonds is 5. The van der Waals surface area contributed by atoms with E-state index < -0.39 is 0 Å². The molecule has 1 aliphatic heterocycles. The van der Waals surface area contributed by atoms with E-state index in [2.05, 4.69) is 10.2 Å². The van der Waals surface area contributed by atoms with Crippen molar-refractivity contribution in [1.29, 1.82) is 0 Å². The molecule has 6 nitrogen and oxygen atoms in total. The number of hydrogen-bond acceptors (Lipinski definition) is 4. The van der Waals surface area contributed by atoms with Gasteiger partial charge in [0.2, 0.25) is 5.91 Å².